The van der Waals surface area contributed by atoms with Crippen molar-refractivity contribution >= 4 is 5.69 Å². The van der Waals surface area contributed by atoms with Crippen molar-refractivity contribution in [3.05, 3.63) is 36.8 Å². The lowest BCUT2D eigenvalue weighted by atomic mass is 10.1. The number of hydrogen-bond donors (Lipinski definition) is 2. The van der Waals surface area contributed by atoms with E-state index in [1.165, 1.54) is 18.5 Å². The van der Waals surface area contributed by atoms with E-state index in [0.29, 0.717) is 6.04 Å². The first-order valence-corrected chi connectivity index (χ1v) is 6.15. The van der Waals surface area contributed by atoms with Gasteiger partial charge in [0.2, 0.25) is 0 Å². The van der Waals surface area contributed by atoms with Crippen molar-refractivity contribution in [2.75, 3.05) is 5.32 Å². The average Bonchev–Trinajstić information content (AvgIpc) is 2.84. The smallest absolute Gasteiger partial charge is 0.0924 e. The maximum Gasteiger partial charge on any atom is 0.0924 e. The zero-order chi connectivity index (χ0) is 12.1. The first kappa shape index (κ1) is 11.7. The number of anilines is 1. The molecule has 3 heteroatoms. The minimum Gasteiger partial charge on any atom is -0.383 e. The van der Waals surface area contributed by atoms with Crippen molar-refractivity contribution in [1.82, 2.24) is 9.97 Å². The van der Waals surface area contributed by atoms with E-state index in [1.54, 1.807) is 6.33 Å². The van der Waals surface area contributed by atoms with E-state index in [0.717, 1.165) is 11.3 Å². The molecule has 3 nitrogen and oxygen atoms in total. The number of nitrogens with one attached hydrogen (secondary N) is 2. The third-order valence-corrected chi connectivity index (χ3v) is 2.83. The number of H-pyrrole nitrogens is 1. The van der Waals surface area contributed by atoms with Crippen LogP contribution in [0.1, 0.15) is 26.7 Å². The second-order valence-electron chi connectivity index (χ2n) is 4.38. The van der Waals surface area contributed by atoms with Crippen LogP contribution in [0.5, 0.6) is 0 Å². The molecule has 2 rings (SSSR count). The fourth-order valence-corrected chi connectivity index (χ4v) is 1.95. The van der Waals surface area contributed by atoms with Gasteiger partial charge in [-0.1, -0.05) is 25.5 Å². The highest BCUT2D eigenvalue weighted by atomic mass is 14.9. The molecule has 0 spiro atoms. The number of benzene rings is 1. The zero-order valence-corrected chi connectivity index (χ0v) is 10.4. The molecule has 0 bridgehead atoms. The van der Waals surface area contributed by atoms with Gasteiger partial charge in [0.25, 0.3) is 0 Å². The monoisotopic (exact) mass is 229 g/mol. The number of aromatic amines is 1. The van der Waals surface area contributed by atoms with Crippen LogP contribution >= 0.6 is 0 Å². The van der Waals surface area contributed by atoms with E-state index < -0.39 is 0 Å². The molecule has 1 aromatic heterocycles. The molecule has 1 unspecified atom stereocenters. The number of imidazole rings is 1. The van der Waals surface area contributed by atoms with Gasteiger partial charge in [-0.15, -0.1) is 0 Å². The van der Waals surface area contributed by atoms with Crippen LogP contribution in [0, 0.1) is 0 Å². The fourth-order valence-electron chi connectivity index (χ4n) is 1.95. The Morgan fingerprint density at radius 1 is 1.29 bits per heavy atom. The van der Waals surface area contributed by atoms with Gasteiger partial charge in [0.05, 0.1) is 18.2 Å². The molecule has 1 aromatic carbocycles. The van der Waals surface area contributed by atoms with Gasteiger partial charge in [0.1, 0.15) is 0 Å². The molecule has 0 saturated heterocycles. The molecule has 0 amide bonds. The summed E-state index contributed by atoms with van der Waals surface area (Å²) in [6.45, 7) is 4.42. The molecule has 0 saturated carbocycles. The minimum atomic E-state index is 0.526. The van der Waals surface area contributed by atoms with Crippen LogP contribution in [0.15, 0.2) is 36.8 Å². The minimum absolute atomic E-state index is 0.526. The predicted octanol–water partition coefficient (Wildman–Crippen LogP) is 3.68. The zero-order valence-electron chi connectivity index (χ0n) is 10.4. The number of nitrogens with zero attached hydrogens (tertiary/aromatic N) is 1. The summed E-state index contributed by atoms with van der Waals surface area (Å²) < 4.78 is 0. The van der Waals surface area contributed by atoms with Gasteiger partial charge in [0.15, 0.2) is 0 Å². The molecule has 0 fully saturated rings. The Kier molecular flexibility index (Phi) is 3.81. The summed E-state index contributed by atoms with van der Waals surface area (Å²) in [4.78, 5) is 7.12. The first-order chi connectivity index (χ1) is 8.29. The van der Waals surface area contributed by atoms with Gasteiger partial charge in [0, 0.05) is 11.7 Å². The van der Waals surface area contributed by atoms with Gasteiger partial charge in [-0.3, -0.25) is 0 Å². The molecule has 90 valence electrons. The molecule has 2 aromatic rings. The highest BCUT2D eigenvalue weighted by Crippen LogP contribution is 2.19. The quantitative estimate of drug-likeness (QED) is 0.821. The summed E-state index contributed by atoms with van der Waals surface area (Å²) in [5.41, 5.74) is 3.39. The van der Waals surface area contributed by atoms with Crippen LogP contribution in [0.3, 0.4) is 0 Å². The Morgan fingerprint density at radius 3 is 2.65 bits per heavy atom. The Labute approximate surface area is 102 Å². The molecule has 1 atom stereocenters. The van der Waals surface area contributed by atoms with Crippen molar-refractivity contribution in [3.63, 3.8) is 0 Å². The summed E-state index contributed by atoms with van der Waals surface area (Å²) in [5.74, 6) is 0. The topological polar surface area (TPSA) is 40.7 Å². The Bertz CT molecular complexity index is 431. The molecule has 0 radical (unpaired) electrons. The van der Waals surface area contributed by atoms with Crippen molar-refractivity contribution < 1.29 is 0 Å². The van der Waals surface area contributed by atoms with E-state index in [-0.39, 0.29) is 0 Å². The van der Waals surface area contributed by atoms with Crippen LogP contribution in [-0.4, -0.2) is 16.0 Å². The average molecular weight is 229 g/mol. The van der Waals surface area contributed by atoms with Crippen molar-refractivity contribution in [3.8, 4) is 11.3 Å². The molecule has 0 aliphatic carbocycles. The Balaban J connectivity index is 2.03. The Morgan fingerprint density at radius 2 is 2.06 bits per heavy atom. The number of rotatable bonds is 5. The molecule has 2 N–H and O–H groups in total. The van der Waals surface area contributed by atoms with Crippen LogP contribution in [-0.2, 0) is 0 Å². The highest BCUT2D eigenvalue weighted by Gasteiger charge is 2.02. The molecule has 0 aliphatic rings. The van der Waals surface area contributed by atoms with E-state index in [9.17, 15) is 0 Å². The molecular formula is C14H19N3. The van der Waals surface area contributed by atoms with Crippen LogP contribution in [0.25, 0.3) is 11.3 Å². The second-order valence-corrected chi connectivity index (χ2v) is 4.38. The summed E-state index contributed by atoms with van der Waals surface area (Å²) in [6, 6.07) is 8.96. The standard InChI is InChI=1S/C14H19N3/c1-3-4-11(2)17-13-7-5-12(6-8-13)14-9-15-10-16-14/h5-11,17H,3-4H2,1-2H3,(H,15,16). The maximum atomic E-state index is 4.02. The molecule has 1 heterocycles. The van der Waals surface area contributed by atoms with Gasteiger partial charge >= 0.3 is 0 Å². The van der Waals surface area contributed by atoms with Crippen LogP contribution < -0.4 is 5.32 Å². The summed E-state index contributed by atoms with van der Waals surface area (Å²) in [5, 5.41) is 3.49. The SMILES string of the molecule is CCCC(C)Nc1ccc(-c2cnc[nH]2)cc1. The van der Waals surface area contributed by atoms with Crippen molar-refractivity contribution in [2.24, 2.45) is 0 Å². The van der Waals surface area contributed by atoms with E-state index in [1.807, 2.05) is 6.20 Å². The lowest BCUT2D eigenvalue weighted by molar-refractivity contribution is 0.690. The summed E-state index contributed by atoms with van der Waals surface area (Å²) >= 11 is 0. The molecular weight excluding hydrogens is 210 g/mol. The van der Waals surface area contributed by atoms with E-state index in [4.69, 9.17) is 0 Å². The third-order valence-electron chi connectivity index (χ3n) is 2.83. The maximum absolute atomic E-state index is 4.02. The summed E-state index contributed by atoms with van der Waals surface area (Å²) in [6.07, 6.45) is 5.94. The number of aromatic nitrogens is 2. The van der Waals surface area contributed by atoms with E-state index in [2.05, 4.69) is 53.4 Å². The molecule has 17 heavy (non-hydrogen) atoms. The second kappa shape index (κ2) is 5.53. The van der Waals surface area contributed by atoms with Crippen molar-refractivity contribution in [2.45, 2.75) is 32.7 Å². The summed E-state index contributed by atoms with van der Waals surface area (Å²) in [7, 11) is 0. The first-order valence-electron chi connectivity index (χ1n) is 6.15. The van der Waals surface area contributed by atoms with Crippen molar-refractivity contribution in [1.29, 1.82) is 0 Å². The van der Waals surface area contributed by atoms with E-state index >= 15 is 0 Å². The lowest BCUT2D eigenvalue weighted by Crippen LogP contribution is -2.14. The van der Waals surface area contributed by atoms with Gasteiger partial charge < -0.3 is 10.3 Å². The lowest BCUT2D eigenvalue weighted by Gasteiger charge is -2.14. The largest absolute Gasteiger partial charge is 0.383 e. The van der Waals surface area contributed by atoms with Gasteiger partial charge in [-0.05, 0) is 31.0 Å². The molecule has 0 aliphatic heterocycles. The normalized spacial score (nSPS) is 12.4. The predicted molar refractivity (Wildman–Crippen MR) is 72.0 cm³/mol. The van der Waals surface area contributed by atoms with Crippen LogP contribution in [0.4, 0.5) is 5.69 Å². The van der Waals surface area contributed by atoms with Crippen LogP contribution in [0.2, 0.25) is 0 Å². The highest BCUT2D eigenvalue weighted by molar-refractivity contribution is 5.61. The third kappa shape index (κ3) is 3.09. The Hall–Kier alpha value is -1.77. The van der Waals surface area contributed by atoms with Gasteiger partial charge in [-0.25, -0.2) is 4.98 Å². The fraction of sp³-hybridized carbons (Fsp3) is 0.357. The van der Waals surface area contributed by atoms with Gasteiger partial charge in [-0.2, -0.15) is 0 Å². The number of hydrogen-bond acceptors (Lipinski definition) is 2.